The van der Waals surface area contributed by atoms with Crippen LogP contribution in [0.4, 0.5) is 0 Å². The van der Waals surface area contributed by atoms with Gasteiger partial charge in [-0.2, -0.15) is 0 Å². The van der Waals surface area contributed by atoms with E-state index in [1.807, 2.05) is 39.1 Å². The van der Waals surface area contributed by atoms with Gasteiger partial charge in [-0.1, -0.05) is 64.2 Å². The number of rotatable bonds is 8. The van der Waals surface area contributed by atoms with E-state index in [1.54, 1.807) is 33.3 Å². The molecule has 14 nitrogen and oxygen atoms in total. The van der Waals surface area contributed by atoms with Crippen molar-refractivity contribution in [1.29, 1.82) is 0 Å². The molecular formula is C48H73NO13. The van der Waals surface area contributed by atoms with Gasteiger partial charge >= 0.3 is 5.97 Å². The van der Waals surface area contributed by atoms with E-state index in [1.165, 1.54) is 0 Å². The van der Waals surface area contributed by atoms with Gasteiger partial charge in [0.25, 0.3) is 0 Å². The number of ether oxygens (including phenoxy) is 10. The number of hydrogen-bond acceptors (Lipinski definition) is 14. The molecule has 1 spiro atoms. The molecule has 6 heterocycles. The first kappa shape index (κ1) is 47.6. The van der Waals surface area contributed by atoms with Crippen molar-refractivity contribution in [3.8, 4) is 0 Å². The van der Waals surface area contributed by atoms with E-state index < -0.39 is 66.4 Å². The van der Waals surface area contributed by atoms with E-state index in [4.69, 9.17) is 47.4 Å². The predicted octanol–water partition coefficient (Wildman–Crippen LogP) is 5.21. The Bertz CT molecular complexity index is 1730. The van der Waals surface area contributed by atoms with Crippen molar-refractivity contribution in [2.24, 2.45) is 23.7 Å². The number of likely N-dealkylation sites (N-methyl/N-ethyl adjacent to an activating group) is 1. The summed E-state index contributed by atoms with van der Waals surface area (Å²) in [6.07, 6.45) is 9.72. The molecule has 0 aromatic carbocycles. The number of allylic oxidation sites excluding steroid dienone is 2. The summed E-state index contributed by atoms with van der Waals surface area (Å²) < 4.78 is 64.3. The minimum absolute atomic E-state index is 0.0407. The van der Waals surface area contributed by atoms with E-state index >= 15 is 0 Å². The summed E-state index contributed by atoms with van der Waals surface area (Å²) in [7, 11) is 5.30. The fourth-order valence-corrected chi connectivity index (χ4v) is 10.9. The first-order chi connectivity index (χ1) is 29.5. The molecule has 0 aromatic rings. The Labute approximate surface area is 368 Å². The Kier molecular flexibility index (Phi) is 15.1. The van der Waals surface area contributed by atoms with Gasteiger partial charge in [0.2, 0.25) is 0 Å². The highest BCUT2D eigenvalue weighted by molar-refractivity contribution is 5.78. The summed E-state index contributed by atoms with van der Waals surface area (Å²) in [6.45, 7) is 16.3. The maximum atomic E-state index is 14.3. The van der Waals surface area contributed by atoms with Crippen LogP contribution in [0.3, 0.4) is 0 Å². The fraction of sp³-hybridized carbons (Fsp3) is 0.771. The number of carbonyl (C=O) groups is 1. The maximum absolute atomic E-state index is 14.3. The van der Waals surface area contributed by atoms with Crippen LogP contribution in [0.25, 0.3) is 0 Å². The average Bonchev–Trinajstić information content (AvgIpc) is 3.57. The monoisotopic (exact) mass is 872 g/mol. The summed E-state index contributed by atoms with van der Waals surface area (Å²) in [5, 5.41) is 27.0. The number of nitrogens with one attached hydrogen (secondary N) is 1. The lowest BCUT2D eigenvalue weighted by atomic mass is 9.71. The normalized spacial score (nSPS) is 48.7. The summed E-state index contributed by atoms with van der Waals surface area (Å²) in [5.74, 6) is -2.56. The van der Waals surface area contributed by atoms with E-state index in [0.717, 1.165) is 5.57 Å². The van der Waals surface area contributed by atoms with E-state index in [0.29, 0.717) is 43.3 Å². The number of aliphatic hydroxyl groups is 2. The minimum atomic E-state index is -1.83. The smallest absolute Gasteiger partial charge is 0.316 e. The molecule has 0 aromatic heterocycles. The summed E-state index contributed by atoms with van der Waals surface area (Å²) in [5.41, 5.74) is 0.176. The number of hydrogen-bond donors (Lipinski definition) is 3. The SMILES string of the molecule is CN[C@@H]1[C@H](C)O[C@@H](O[C@H]2[C@H](C)O[C@@H](O[C@@H]3/C(C)=C/C[C@@H]4C[C@@H](C[C@]5(C=C[C@H](C)[C@@H](C(C)C)O5)O4)OC(=O)[C@@H]4C=C(C)[C@@H](O)[C@H]5OC/C(=C\C=C\[C@@H]3C)[C@]54O)C[C@@H]2OC)C[C@@H]1OC. The van der Waals surface area contributed by atoms with E-state index in [-0.39, 0.29) is 67.0 Å². The average molecular weight is 872 g/mol. The molecule has 19 atom stereocenters. The topological polar surface area (TPSA) is 162 Å². The van der Waals surface area contributed by atoms with Gasteiger partial charge < -0.3 is 62.9 Å². The highest BCUT2D eigenvalue weighted by atomic mass is 16.7. The van der Waals surface area contributed by atoms with E-state index in [9.17, 15) is 15.0 Å². The van der Waals surface area contributed by atoms with Gasteiger partial charge in [0.1, 0.15) is 35.9 Å². The Balaban J connectivity index is 1.17. The lowest BCUT2D eigenvalue weighted by Gasteiger charge is -2.48. The summed E-state index contributed by atoms with van der Waals surface area (Å²) in [6, 6.07) is 0.0445. The third kappa shape index (κ3) is 9.64. The standard InChI is InChI=1S/C48H73NO13/c1-25(2)42-28(5)17-18-47(62-42)23-34-20-33(61-47)16-15-27(4)43(26(3)13-12-14-32-24-55-45-41(50)29(6)19-35(46(51)58-34)48(32,45)52)59-39-22-37(54-11)44(31(8)57-39)60-38-21-36(53-10)40(49-9)30(7)56-38/h12-15,17-19,25-26,28,30-31,33-45,49-50,52H,16,20-24H2,1-11H3/b13-12+,27-15+,32-14+/t26-,28-,30-,31-,33+,34-,35-,36-,37-,38-,39-,40+,41+,42+,43-,44-,45+,47+,48+/m0/s1. The van der Waals surface area contributed by atoms with Crippen LogP contribution in [-0.2, 0) is 52.2 Å². The van der Waals surface area contributed by atoms with Gasteiger partial charge in [-0.3, -0.25) is 4.79 Å². The zero-order chi connectivity index (χ0) is 44.7. The molecule has 0 radical (unpaired) electrons. The Morgan fingerprint density at radius 1 is 0.887 bits per heavy atom. The first-order valence-electron chi connectivity index (χ1n) is 22.9. The van der Waals surface area contributed by atoms with Crippen LogP contribution in [0.2, 0.25) is 0 Å². The van der Waals surface area contributed by atoms with Crippen molar-refractivity contribution >= 4 is 5.97 Å². The molecule has 7 aliphatic rings. The van der Waals surface area contributed by atoms with Crippen LogP contribution >= 0.6 is 0 Å². The molecule has 1 aliphatic carbocycles. The molecule has 0 unspecified atom stereocenters. The van der Waals surface area contributed by atoms with Gasteiger partial charge in [-0.05, 0) is 69.9 Å². The number of fused-ring (bicyclic) bond motifs is 2. The van der Waals surface area contributed by atoms with Gasteiger partial charge in [0, 0.05) is 51.7 Å². The zero-order valence-corrected chi connectivity index (χ0v) is 38.6. The Morgan fingerprint density at radius 3 is 2.31 bits per heavy atom. The maximum Gasteiger partial charge on any atom is 0.316 e. The second-order valence-electron chi connectivity index (χ2n) is 19.1. The van der Waals surface area contributed by atoms with E-state index in [2.05, 4.69) is 52.1 Å². The highest BCUT2D eigenvalue weighted by Crippen LogP contribution is 2.47. The van der Waals surface area contributed by atoms with Crippen molar-refractivity contribution in [1.82, 2.24) is 5.32 Å². The van der Waals surface area contributed by atoms with Crippen molar-refractivity contribution in [2.45, 2.75) is 185 Å². The zero-order valence-electron chi connectivity index (χ0n) is 38.6. The van der Waals surface area contributed by atoms with Crippen LogP contribution in [-0.4, -0.2) is 141 Å². The van der Waals surface area contributed by atoms with Crippen LogP contribution < -0.4 is 5.32 Å². The van der Waals surface area contributed by atoms with Crippen LogP contribution in [0.15, 0.2) is 59.3 Å². The fourth-order valence-electron chi connectivity index (χ4n) is 10.9. The van der Waals surface area contributed by atoms with Gasteiger partial charge in [0.15, 0.2) is 18.4 Å². The van der Waals surface area contributed by atoms with Gasteiger partial charge in [0.05, 0.1) is 55.4 Å². The molecule has 7 rings (SSSR count). The van der Waals surface area contributed by atoms with Crippen molar-refractivity contribution in [2.75, 3.05) is 27.9 Å². The molecule has 4 saturated heterocycles. The number of methoxy groups -OCH3 is 2. The molecule has 14 heteroatoms. The second kappa shape index (κ2) is 19.7. The lowest BCUT2D eigenvalue weighted by Crippen LogP contribution is -2.58. The lowest BCUT2D eigenvalue weighted by molar-refractivity contribution is -0.312. The number of aliphatic hydroxyl groups excluding tert-OH is 1. The minimum Gasteiger partial charge on any atom is -0.462 e. The first-order valence-corrected chi connectivity index (χ1v) is 22.9. The second-order valence-corrected chi connectivity index (χ2v) is 19.1. The molecule has 0 amide bonds. The molecule has 62 heavy (non-hydrogen) atoms. The summed E-state index contributed by atoms with van der Waals surface area (Å²) >= 11 is 0. The quantitative estimate of drug-likeness (QED) is 0.215. The van der Waals surface area contributed by atoms with Gasteiger partial charge in [-0.15, -0.1) is 0 Å². The molecule has 6 aliphatic heterocycles. The largest absolute Gasteiger partial charge is 0.462 e. The Hall–Kier alpha value is -2.31. The molecule has 348 valence electrons. The number of carbonyl (C=O) groups excluding carboxylic acids is 1. The third-order valence-electron chi connectivity index (χ3n) is 14.3. The van der Waals surface area contributed by atoms with Crippen molar-refractivity contribution < 1.29 is 62.4 Å². The molecule has 0 saturated carbocycles. The predicted molar refractivity (Wildman–Crippen MR) is 230 cm³/mol. The van der Waals surface area contributed by atoms with Crippen molar-refractivity contribution in [3.05, 3.63) is 59.3 Å². The molecule has 3 N–H and O–H groups in total. The number of esters is 1. The summed E-state index contributed by atoms with van der Waals surface area (Å²) in [4.78, 5) is 14.3. The molecule has 4 fully saturated rings. The van der Waals surface area contributed by atoms with Gasteiger partial charge in [-0.25, -0.2) is 0 Å². The molecule has 2 bridgehead atoms. The van der Waals surface area contributed by atoms with Crippen LogP contribution in [0.5, 0.6) is 0 Å². The van der Waals surface area contributed by atoms with Crippen LogP contribution in [0, 0.1) is 23.7 Å². The van der Waals surface area contributed by atoms with Crippen LogP contribution in [0.1, 0.15) is 87.5 Å². The van der Waals surface area contributed by atoms with Crippen molar-refractivity contribution in [3.63, 3.8) is 0 Å². The molecular weight excluding hydrogens is 799 g/mol. The highest BCUT2D eigenvalue weighted by Gasteiger charge is 2.60. The Morgan fingerprint density at radius 2 is 1.60 bits per heavy atom. The third-order valence-corrected chi connectivity index (χ3v) is 14.3.